The number of hydrogen-bond donors (Lipinski definition) is 2. The Kier molecular flexibility index (Phi) is 7.18. The van der Waals surface area contributed by atoms with Gasteiger partial charge in [0, 0.05) is 7.05 Å². The topological polar surface area (TPSA) is 143 Å². The lowest BCUT2D eigenvalue weighted by atomic mass is 10.2. The summed E-state index contributed by atoms with van der Waals surface area (Å²) in [5.74, 6) is -1.11. The molecule has 0 aliphatic rings. The summed E-state index contributed by atoms with van der Waals surface area (Å²) in [7, 11) is 2.74. The van der Waals surface area contributed by atoms with Crippen molar-refractivity contribution in [2.45, 2.75) is 19.8 Å². The van der Waals surface area contributed by atoms with Crippen molar-refractivity contribution in [3.8, 4) is 11.5 Å². The lowest BCUT2D eigenvalue weighted by Gasteiger charge is -2.12. The summed E-state index contributed by atoms with van der Waals surface area (Å²) in [6.45, 7) is 1.83. The van der Waals surface area contributed by atoms with Crippen molar-refractivity contribution in [2.24, 2.45) is 7.05 Å². The highest BCUT2D eigenvalue weighted by molar-refractivity contribution is 6.02. The minimum atomic E-state index is -0.943. The summed E-state index contributed by atoms with van der Waals surface area (Å²) < 4.78 is 16.7. The molecule has 29 heavy (non-hydrogen) atoms. The number of nitrogens with two attached hydrogens (primary N) is 1. The molecule has 1 heterocycles. The molecule has 0 saturated heterocycles. The van der Waals surface area contributed by atoms with Gasteiger partial charge in [0.2, 0.25) is 5.78 Å². The minimum absolute atomic E-state index is 0.139. The first-order chi connectivity index (χ1) is 13.8. The number of benzene rings is 1. The smallest absolute Gasteiger partial charge is 0.338 e. The fraction of sp³-hybridized carbons (Fsp3) is 0.368. The molecule has 156 valence electrons. The van der Waals surface area contributed by atoms with Gasteiger partial charge in [0.1, 0.15) is 11.4 Å². The molecule has 0 spiro atoms. The largest absolute Gasteiger partial charge is 0.493 e. The van der Waals surface area contributed by atoms with Crippen molar-refractivity contribution in [1.82, 2.24) is 9.55 Å². The second kappa shape index (κ2) is 9.58. The van der Waals surface area contributed by atoms with Crippen LogP contribution in [0.15, 0.2) is 27.8 Å². The van der Waals surface area contributed by atoms with E-state index in [9.17, 15) is 19.2 Å². The number of esters is 1. The molecule has 3 N–H and O–H groups in total. The molecular formula is C19H23N3O7. The highest BCUT2D eigenvalue weighted by Gasteiger charge is 2.20. The fourth-order valence-electron chi connectivity index (χ4n) is 2.43. The molecule has 2 rings (SSSR count). The molecule has 0 fully saturated rings. The summed E-state index contributed by atoms with van der Waals surface area (Å²) in [4.78, 5) is 49.8. The number of nitrogens with zero attached hydrogens (tertiary/aromatic N) is 1. The third kappa shape index (κ3) is 5.03. The van der Waals surface area contributed by atoms with Crippen LogP contribution in [0.5, 0.6) is 11.5 Å². The SMILES string of the molecule is CCCCOc1ccc(C(=O)OCC(=O)c2c(N)n(C)c(=O)[nH]c2=O)cc1OC. The number of aromatic amines is 1. The highest BCUT2D eigenvalue weighted by Crippen LogP contribution is 2.28. The molecule has 1 aromatic carbocycles. The van der Waals surface area contributed by atoms with Gasteiger partial charge in [-0.1, -0.05) is 13.3 Å². The highest BCUT2D eigenvalue weighted by atomic mass is 16.5. The van der Waals surface area contributed by atoms with Crippen molar-refractivity contribution in [3.05, 3.63) is 50.2 Å². The van der Waals surface area contributed by atoms with Crippen LogP contribution in [-0.2, 0) is 11.8 Å². The van der Waals surface area contributed by atoms with Gasteiger partial charge in [0.05, 0.1) is 19.3 Å². The number of ether oxygens (including phenoxy) is 3. The first-order valence-corrected chi connectivity index (χ1v) is 8.90. The maximum Gasteiger partial charge on any atom is 0.338 e. The Balaban J connectivity index is 2.11. The molecule has 2 aromatic rings. The second-order valence-electron chi connectivity index (χ2n) is 6.15. The molecule has 0 unspecified atom stereocenters. The van der Waals surface area contributed by atoms with Crippen molar-refractivity contribution >= 4 is 17.6 Å². The minimum Gasteiger partial charge on any atom is -0.493 e. The number of Topliss-reactive ketones (excluding diaryl/α,β-unsaturated/α-hetero) is 1. The number of carbonyl (C=O) groups excluding carboxylic acids is 2. The van der Waals surface area contributed by atoms with Crippen LogP contribution in [0.3, 0.4) is 0 Å². The number of nitrogens with one attached hydrogen (secondary N) is 1. The number of ketones is 1. The summed E-state index contributed by atoms with van der Waals surface area (Å²) in [6, 6.07) is 4.48. The summed E-state index contributed by atoms with van der Waals surface area (Å²) in [5, 5.41) is 0. The summed E-state index contributed by atoms with van der Waals surface area (Å²) >= 11 is 0. The van der Waals surface area contributed by atoms with E-state index < -0.39 is 35.2 Å². The Morgan fingerprint density at radius 3 is 2.59 bits per heavy atom. The third-order valence-corrected chi connectivity index (χ3v) is 4.14. The van der Waals surface area contributed by atoms with E-state index in [1.54, 1.807) is 6.07 Å². The van der Waals surface area contributed by atoms with Gasteiger partial charge in [-0.05, 0) is 24.6 Å². The maximum atomic E-state index is 12.3. The zero-order valence-electron chi connectivity index (χ0n) is 16.4. The Hall–Kier alpha value is -3.56. The summed E-state index contributed by atoms with van der Waals surface area (Å²) in [5.41, 5.74) is 3.65. The molecule has 0 radical (unpaired) electrons. The van der Waals surface area contributed by atoms with Crippen molar-refractivity contribution in [3.63, 3.8) is 0 Å². The van der Waals surface area contributed by atoms with E-state index in [0.717, 1.165) is 17.4 Å². The summed E-state index contributed by atoms with van der Waals surface area (Å²) in [6.07, 6.45) is 1.85. The number of nitrogen functional groups attached to an aromatic ring is 1. The predicted molar refractivity (Wildman–Crippen MR) is 105 cm³/mol. The average molecular weight is 405 g/mol. The molecule has 0 bridgehead atoms. The van der Waals surface area contributed by atoms with Gasteiger partial charge in [0.25, 0.3) is 5.56 Å². The number of H-pyrrole nitrogens is 1. The van der Waals surface area contributed by atoms with Crippen molar-refractivity contribution < 1.29 is 23.8 Å². The number of unbranched alkanes of at least 4 members (excludes halogenated alkanes) is 1. The van der Waals surface area contributed by atoms with Gasteiger partial charge in [-0.3, -0.25) is 19.1 Å². The van der Waals surface area contributed by atoms with Crippen LogP contribution in [0.4, 0.5) is 5.82 Å². The molecule has 0 aliphatic carbocycles. The normalized spacial score (nSPS) is 10.4. The van der Waals surface area contributed by atoms with Gasteiger partial charge in [-0.15, -0.1) is 0 Å². The Bertz CT molecular complexity index is 1020. The van der Waals surface area contributed by atoms with E-state index in [1.165, 1.54) is 26.3 Å². The maximum absolute atomic E-state index is 12.3. The standard InChI is InChI=1S/C19H23N3O7/c1-4-5-8-28-13-7-6-11(9-14(13)27-3)18(25)29-10-12(23)15-16(20)22(2)19(26)21-17(15)24/h6-7,9H,4-5,8,10,20H2,1-3H3,(H,21,24,26). The monoisotopic (exact) mass is 405 g/mol. The molecule has 0 aliphatic heterocycles. The van der Waals surface area contributed by atoms with Crippen LogP contribution in [0.1, 0.15) is 40.5 Å². The van der Waals surface area contributed by atoms with E-state index >= 15 is 0 Å². The van der Waals surface area contributed by atoms with E-state index in [4.69, 9.17) is 19.9 Å². The molecule has 0 amide bonds. The average Bonchev–Trinajstić information content (AvgIpc) is 2.70. The van der Waals surface area contributed by atoms with Gasteiger partial charge >= 0.3 is 11.7 Å². The van der Waals surface area contributed by atoms with Crippen LogP contribution in [0.25, 0.3) is 0 Å². The molecule has 0 atom stereocenters. The quantitative estimate of drug-likeness (QED) is 0.356. The Labute approximate surface area is 166 Å². The zero-order valence-corrected chi connectivity index (χ0v) is 16.4. The van der Waals surface area contributed by atoms with Gasteiger partial charge < -0.3 is 19.9 Å². The predicted octanol–water partition coefficient (Wildman–Crippen LogP) is 0.883. The van der Waals surface area contributed by atoms with E-state index in [0.29, 0.717) is 18.1 Å². The van der Waals surface area contributed by atoms with Crippen LogP contribution < -0.4 is 26.5 Å². The second-order valence-corrected chi connectivity index (χ2v) is 6.15. The molecule has 0 saturated carbocycles. The van der Waals surface area contributed by atoms with Crippen LogP contribution >= 0.6 is 0 Å². The number of rotatable bonds is 9. The molecule has 10 heteroatoms. The van der Waals surface area contributed by atoms with E-state index in [1.807, 2.05) is 11.9 Å². The van der Waals surface area contributed by atoms with Crippen LogP contribution in [-0.4, -0.2) is 41.6 Å². The number of anilines is 1. The van der Waals surface area contributed by atoms with Crippen LogP contribution in [0, 0.1) is 0 Å². The lowest BCUT2D eigenvalue weighted by molar-refractivity contribution is 0.0474. The third-order valence-electron chi connectivity index (χ3n) is 4.14. The van der Waals surface area contributed by atoms with Gasteiger partial charge in [-0.2, -0.15) is 0 Å². The number of aromatic nitrogens is 2. The fourth-order valence-corrected chi connectivity index (χ4v) is 2.43. The van der Waals surface area contributed by atoms with Crippen molar-refractivity contribution in [1.29, 1.82) is 0 Å². The molecule has 1 aromatic heterocycles. The number of hydrogen-bond acceptors (Lipinski definition) is 8. The van der Waals surface area contributed by atoms with Crippen LogP contribution in [0.2, 0.25) is 0 Å². The van der Waals surface area contributed by atoms with Gasteiger partial charge in [0.15, 0.2) is 18.1 Å². The van der Waals surface area contributed by atoms with Gasteiger partial charge in [-0.25, -0.2) is 9.59 Å². The Morgan fingerprint density at radius 1 is 1.21 bits per heavy atom. The number of methoxy groups -OCH3 is 1. The first-order valence-electron chi connectivity index (χ1n) is 8.90. The molecule has 10 nitrogen and oxygen atoms in total. The zero-order chi connectivity index (χ0) is 21.6. The first kappa shape index (κ1) is 21.7. The van der Waals surface area contributed by atoms with Crippen molar-refractivity contribution in [2.75, 3.05) is 26.1 Å². The van der Waals surface area contributed by atoms with E-state index in [2.05, 4.69) is 0 Å². The lowest BCUT2D eigenvalue weighted by Crippen LogP contribution is -2.35. The van der Waals surface area contributed by atoms with E-state index in [-0.39, 0.29) is 11.4 Å². The Morgan fingerprint density at radius 2 is 1.93 bits per heavy atom. The number of carbonyl (C=O) groups is 2. The molecular weight excluding hydrogens is 382 g/mol.